The molecule has 0 bridgehead atoms. The van der Waals surface area contributed by atoms with Crippen molar-refractivity contribution in [2.75, 3.05) is 19.9 Å². The fourth-order valence-corrected chi connectivity index (χ4v) is 1.89. The van der Waals surface area contributed by atoms with Gasteiger partial charge in [-0.05, 0) is 12.1 Å². The molecule has 0 N–H and O–H groups in total. The van der Waals surface area contributed by atoms with E-state index in [1.54, 1.807) is 18.2 Å². The SMILES string of the molecule is O=C1CCN(C(=O)Oc2ccc3c(c2)OCO3)C1. The zero-order valence-corrected chi connectivity index (χ0v) is 9.55. The fraction of sp³-hybridized carbons (Fsp3) is 0.333. The van der Waals surface area contributed by atoms with Gasteiger partial charge in [0.2, 0.25) is 6.79 Å². The van der Waals surface area contributed by atoms with Crippen LogP contribution in [0, 0.1) is 0 Å². The van der Waals surface area contributed by atoms with Crippen molar-refractivity contribution in [3.05, 3.63) is 18.2 Å². The van der Waals surface area contributed by atoms with Crippen LogP contribution in [-0.4, -0.2) is 36.7 Å². The third kappa shape index (κ3) is 1.97. The zero-order valence-electron chi connectivity index (χ0n) is 9.55. The minimum atomic E-state index is -0.514. The van der Waals surface area contributed by atoms with Gasteiger partial charge in [0.25, 0.3) is 0 Å². The van der Waals surface area contributed by atoms with Crippen LogP contribution < -0.4 is 14.2 Å². The van der Waals surface area contributed by atoms with E-state index in [0.717, 1.165) is 0 Å². The lowest BCUT2D eigenvalue weighted by Gasteiger charge is -2.14. The summed E-state index contributed by atoms with van der Waals surface area (Å²) in [7, 11) is 0. The van der Waals surface area contributed by atoms with Crippen LogP contribution in [-0.2, 0) is 4.79 Å². The molecule has 2 aliphatic heterocycles. The first-order chi connectivity index (χ1) is 8.72. The van der Waals surface area contributed by atoms with Crippen molar-refractivity contribution in [1.29, 1.82) is 0 Å². The van der Waals surface area contributed by atoms with Crippen LogP contribution in [0.4, 0.5) is 4.79 Å². The van der Waals surface area contributed by atoms with Crippen LogP contribution >= 0.6 is 0 Å². The molecule has 6 nitrogen and oxygen atoms in total. The predicted octanol–water partition coefficient (Wildman–Crippen LogP) is 1.19. The van der Waals surface area contributed by atoms with Gasteiger partial charge >= 0.3 is 6.09 Å². The van der Waals surface area contributed by atoms with Crippen molar-refractivity contribution in [3.63, 3.8) is 0 Å². The Balaban J connectivity index is 1.69. The Bertz CT molecular complexity index is 513. The van der Waals surface area contributed by atoms with Crippen molar-refractivity contribution >= 4 is 11.9 Å². The van der Waals surface area contributed by atoms with Gasteiger partial charge in [-0.1, -0.05) is 0 Å². The predicted molar refractivity (Wildman–Crippen MR) is 59.8 cm³/mol. The molecule has 1 fully saturated rings. The summed E-state index contributed by atoms with van der Waals surface area (Å²) >= 11 is 0. The zero-order chi connectivity index (χ0) is 12.5. The van der Waals surface area contributed by atoms with Crippen LogP contribution in [0.25, 0.3) is 0 Å². The molecule has 0 aliphatic carbocycles. The highest BCUT2D eigenvalue weighted by atomic mass is 16.7. The van der Waals surface area contributed by atoms with Gasteiger partial charge in [0, 0.05) is 19.0 Å². The Labute approximate surface area is 103 Å². The van der Waals surface area contributed by atoms with E-state index in [-0.39, 0.29) is 19.1 Å². The molecule has 94 valence electrons. The minimum Gasteiger partial charge on any atom is -0.454 e. The van der Waals surface area contributed by atoms with Gasteiger partial charge in [0.15, 0.2) is 17.3 Å². The van der Waals surface area contributed by atoms with E-state index in [1.165, 1.54) is 4.90 Å². The van der Waals surface area contributed by atoms with Gasteiger partial charge in [-0.25, -0.2) is 4.79 Å². The highest BCUT2D eigenvalue weighted by Crippen LogP contribution is 2.35. The van der Waals surface area contributed by atoms with Crippen LogP contribution in [0.15, 0.2) is 18.2 Å². The van der Waals surface area contributed by atoms with Crippen LogP contribution in [0.1, 0.15) is 6.42 Å². The summed E-state index contributed by atoms with van der Waals surface area (Å²) in [5.74, 6) is 1.62. The summed E-state index contributed by atoms with van der Waals surface area (Å²) in [6, 6.07) is 4.90. The molecule has 0 saturated carbocycles. The number of Topliss-reactive ketones (excluding diaryl/α,β-unsaturated/α-hetero) is 1. The standard InChI is InChI=1S/C12H11NO5/c14-8-3-4-13(6-8)12(15)18-9-1-2-10-11(5-9)17-7-16-10/h1-2,5H,3-4,6-7H2. The maximum Gasteiger partial charge on any atom is 0.415 e. The van der Waals surface area contributed by atoms with E-state index in [0.29, 0.717) is 30.2 Å². The number of hydrogen-bond acceptors (Lipinski definition) is 5. The number of ketones is 1. The Hall–Kier alpha value is -2.24. The van der Waals surface area contributed by atoms with Crippen LogP contribution in [0.5, 0.6) is 17.2 Å². The van der Waals surface area contributed by atoms with Gasteiger partial charge < -0.3 is 19.1 Å². The van der Waals surface area contributed by atoms with E-state index in [4.69, 9.17) is 14.2 Å². The van der Waals surface area contributed by atoms with Crippen molar-refractivity contribution in [1.82, 2.24) is 4.90 Å². The summed E-state index contributed by atoms with van der Waals surface area (Å²) in [6.45, 7) is 0.721. The molecule has 6 heteroatoms. The third-order valence-corrected chi connectivity index (χ3v) is 2.84. The van der Waals surface area contributed by atoms with Crippen LogP contribution in [0.2, 0.25) is 0 Å². The van der Waals surface area contributed by atoms with Crippen molar-refractivity contribution in [2.45, 2.75) is 6.42 Å². The summed E-state index contributed by atoms with van der Waals surface area (Å²) < 4.78 is 15.5. The lowest BCUT2D eigenvalue weighted by Crippen LogP contribution is -2.31. The number of rotatable bonds is 1. The van der Waals surface area contributed by atoms with Gasteiger partial charge in [-0.3, -0.25) is 4.79 Å². The molecule has 0 spiro atoms. The number of benzene rings is 1. The second-order valence-corrected chi connectivity index (χ2v) is 4.09. The monoisotopic (exact) mass is 249 g/mol. The third-order valence-electron chi connectivity index (χ3n) is 2.84. The first-order valence-corrected chi connectivity index (χ1v) is 5.60. The lowest BCUT2D eigenvalue weighted by molar-refractivity contribution is -0.116. The number of fused-ring (bicyclic) bond motifs is 1. The van der Waals surface area contributed by atoms with E-state index >= 15 is 0 Å². The quantitative estimate of drug-likeness (QED) is 0.748. The minimum absolute atomic E-state index is 0.0534. The van der Waals surface area contributed by atoms with Gasteiger partial charge in [0.1, 0.15) is 5.75 Å². The molecule has 1 saturated heterocycles. The molecule has 0 unspecified atom stereocenters. The topological polar surface area (TPSA) is 65.1 Å². The Morgan fingerprint density at radius 2 is 2.11 bits per heavy atom. The molecule has 1 aromatic rings. The van der Waals surface area contributed by atoms with Crippen molar-refractivity contribution in [2.24, 2.45) is 0 Å². The Morgan fingerprint density at radius 3 is 2.89 bits per heavy atom. The molecule has 2 heterocycles. The number of likely N-dealkylation sites (tertiary alicyclic amines) is 1. The number of carbonyl (C=O) groups is 2. The smallest absolute Gasteiger partial charge is 0.415 e. The molecule has 0 radical (unpaired) electrons. The molecule has 1 aromatic carbocycles. The van der Waals surface area contributed by atoms with Gasteiger partial charge in [-0.15, -0.1) is 0 Å². The van der Waals surface area contributed by atoms with Crippen molar-refractivity contribution in [3.8, 4) is 17.2 Å². The van der Waals surface area contributed by atoms with Crippen molar-refractivity contribution < 1.29 is 23.8 Å². The lowest BCUT2D eigenvalue weighted by atomic mass is 10.3. The van der Waals surface area contributed by atoms with Crippen LogP contribution in [0.3, 0.4) is 0 Å². The van der Waals surface area contributed by atoms with Gasteiger partial charge in [0.05, 0.1) is 6.54 Å². The second kappa shape index (κ2) is 4.21. The highest BCUT2D eigenvalue weighted by molar-refractivity contribution is 5.87. The maximum atomic E-state index is 11.7. The summed E-state index contributed by atoms with van der Waals surface area (Å²) in [5, 5.41) is 0. The Kier molecular flexibility index (Phi) is 2.55. The molecule has 3 rings (SSSR count). The molecule has 0 atom stereocenters. The average Bonchev–Trinajstić information content (AvgIpc) is 2.96. The molecular weight excluding hydrogens is 238 g/mol. The number of amides is 1. The number of carbonyl (C=O) groups excluding carboxylic acids is 2. The molecule has 2 aliphatic rings. The molecule has 0 aromatic heterocycles. The highest BCUT2D eigenvalue weighted by Gasteiger charge is 2.26. The molecule has 18 heavy (non-hydrogen) atoms. The van der Waals surface area contributed by atoms with Gasteiger partial charge in [-0.2, -0.15) is 0 Å². The Morgan fingerprint density at radius 1 is 1.28 bits per heavy atom. The summed E-state index contributed by atoms with van der Waals surface area (Å²) in [6.07, 6.45) is -0.115. The largest absolute Gasteiger partial charge is 0.454 e. The first-order valence-electron chi connectivity index (χ1n) is 5.60. The molecular formula is C12H11NO5. The number of ether oxygens (including phenoxy) is 3. The summed E-state index contributed by atoms with van der Waals surface area (Å²) in [4.78, 5) is 24.2. The van der Waals surface area contributed by atoms with E-state index in [2.05, 4.69) is 0 Å². The van der Waals surface area contributed by atoms with E-state index in [1.807, 2.05) is 0 Å². The average molecular weight is 249 g/mol. The molecule has 1 amide bonds. The van der Waals surface area contributed by atoms with E-state index < -0.39 is 6.09 Å². The normalized spacial score (nSPS) is 17.1. The number of nitrogens with zero attached hydrogens (tertiary/aromatic N) is 1. The van der Waals surface area contributed by atoms with E-state index in [9.17, 15) is 9.59 Å². The maximum absolute atomic E-state index is 11.7. The summed E-state index contributed by atoms with van der Waals surface area (Å²) in [5.41, 5.74) is 0. The first kappa shape index (κ1) is 10.9. The number of hydrogen-bond donors (Lipinski definition) is 0. The fourth-order valence-electron chi connectivity index (χ4n) is 1.89. The second-order valence-electron chi connectivity index (χ2n) is 4.09.